The number of nitrogens with one attached hydrogen (secondary N) is 1. The molecule has 32 heavy (non-hydrogen) atoms. The van der Waals surface area contributed by atoms with E-state index >= 15 is 0 Å². The molecule has 3 heterocycles. The molecule has 2 aliphatic heterocycles. The number of pyridine rings is 1. The molecule has 0 unspecified atom stereocenters. The predicted molar refractivity (Wildman–Crippen MR) is 119 cm³/mol. The van der Waals surface area contributed by atoms with Crippen LogP contribution in [-0.4, -0.2) is 34.9 Å². The van der Waals surface area contributed by atoms with Crippen molar-refractivity contribution in [3.63, 3.8) is 0 Å². The average molecular weight is 427 g/mol. The van der Waals surface area contributed by atoms with E-state index in [1.807, 2.05) is 31.2 Å². The fraction of sp³-hybridized carbons (Fsp3) is 0.160. The molecule has 0 bridgehead atoms. The molecular formula is C25H21N3O4. The van der Waals surface area contributed by atoms with Gasteiger partial charge in [-0.15, -0.1) is 0 Å². The second-order valence-corrected chi connectivity index (χ2v) is 7.65. The molecule has 1 N–H and O–H groups in total. The number of nitrogens with zero attached hydrogens (tertiary/aromatic N) is 2. The summed E-state index contributed by atoms with van der Waals surface area (Å²) in [5.74, 6) is 0.541. The highest BCUT2D eigenvalue weighted by molar-refractivity contribution is 6.36. The number of rotatable bonds is 5. The SMILES string of the molecule is Cc1ccc(C2=C(Nc3ccc4c(c3)OCCO4)C(=O)N(Cc3ccncc3)C2=O)cc1. The largest absolute Gasteiger partial charge is 0.486 e. The minimum absolute atomic E-state index is 0.169. The Morgan fingerprint density at radius 2 is 1.62 bits per heavy atom. The van der Waals surface area contributed by atoms with E-state index in [1.165, 1.54) is 4.90 Å². The van der Waals surface area contributed by atoms with Crippen molar-refractivity contribution in [1.29, 1.82) is 0 Å². The van der Waals surface area contributed by atoms with Crippen molar-refractivity contribution in [3.8, 4) is 11.5 Å². The lowest BCUT2D eigenvalue weighted by Gasteiger charge is -2.19. The van der Waals surface area contributed by atoms with Gasteiger partial charge in [0, 0.05) is 24.1 Å². The van der Waals surface area contributed by atoms with Gasteiger partial charge in [0.15, 0.2) is 11.5 Å². The quantitative estimate of drug-likeness (QED) is 0.628. The molecule has 7 heteroatoms. The lowest BCUT2D eigenvalue weighted by atomic mass is 10.0. The van der Waals surface area contributed by atoms with Crippen molar-refractivity contribution < 1.29 is 19.1 Å². The first kappa shape index (κ1) is 19.8. The molecule has 1 aromatic heterocycles. The molecule has 0 aliphatic carbocycles. The summed E-state index contributed by atoms with van der Waals surface area (Å²) in [6, 6.07) is 16.5. The van der Waals surface area contributed by atoms with Crippen molar-refractivity contribution >= 4 is 23.1 Å². The predicted octanol–water partition coefficient (Wildman–Crippen LogP) is 3.55. The van der Waals surface area contributed by atoms with Gasteiger partial charge in [0.25, 0.3) is 11.8 Å². The van der Waals surface area contributed by atoms with E-state index in [0.29, 0.717) is 41.5 Å². The summed E-state index contributed by atoms with van der Waals surface area (Å²) in [4.78, 5) is 32.0. The number of amides is 2. The van der Waals surface area contributed by atoms with Crippen LogP contribution in [0.3, 0.4) is 0 Å². The third-order valence-electron chi connectivity index (χ3n) is 5.41. The number of carbonyl (C=O) groups excluding carboxylic acids is 2. The topological polar surface area (TPSA) is 80.8 Å². The maximum absolute atomic E-state index is 13.4. The minimum atomic E-state index is -0.378. The van der Waals surface area contributed by atoms with Gasteiger partial charge in [-0.2, -0.15) is 0 Å². The highest BCUT2D eigenvalue weighted by Crippen LogP contribution is 2.36. The van der Waals surface area contributed by atoms with E-state index in [-0.39, 0.29) is 24.1 Å². The number of fused-ring (bicyclic) bond motifs is 1. The zero-order valence-corrected chi connectivity index (χ0v) is 17.5. The smallest absolute Gasteiger partial charge is 0.278 e. The highest BCUT2D eigenvalue weighted by atomic mass is 16.6. The van der Waals surface area contributed by atoms with Gasteiger partial charge in [0.05, 0.1) is 12.1 Å². The first-order valence-corrected chi connectivity index (χ1v) is 10.3. The molecule has 0 spiro atoms. The van der Waals surface area contributed by atoms with Crippen molar-refractivity contribution in [3.05, 3.63) is 89.4 Å². The van der Waals surface area contributed by atoms with Gasteiger partial charge in [-0.05, 0) is 42.3 Å². The van der Waals surface area contributed by atoms with Crippen molar-refractivity contribution in [2.24, 2.45) is 0 Å². The van der Waals surface area contributed by atoms with Crippen LogP contribution in [0.1, 0.15) is 16.7 Å². The van der Waals surface area contributed by atoms with E-state index in [4.69, 9.17) is 9.47 Å². The molecule has 0 saturated heterocycles. The van der Waals surface area contributed by atoms with Gasteiger partial charge in [-0.3, -0.25) is 19.5 Å². The lowest BCUT2D eigenvalue weighted by molar-refractivity contribution is -0.137. The molecule has 2 amide bonds. The fourth-order valence-corrected chi connectivity index (χ4v) is 3.76. The molecule has 0 radical (unpaired) electrons. The number of aromatic nitrogens is 1. The number of benzene rings is 2. The van der Waals surface area contributed by atoms with Crippen LogP contribution in [-0.2, 0) is 16.1 Å². The average Bonchev–Trinajstić information content (AvgIpc) is 3.04. The van der Waals surface area contributed by atoms with Gasteiger partial charge in [0.2, 0.25) is 0 Å². The molecular weight excluding hydrogens is 406 g/mol. The van der Waals surface area contributed by atoms with Crippen LogP contribution in [0.25, 0.3) is 5.57 Å². The van der Waals surface area contributed by atoms with Gasteiger partial charge in [-0.25, -0.2) is 0 Å². The zero-order chi connectivity index (χ0) is 22.1. The summed E-state index contributed by atoms with van der Waals surface area (Å²) in [5.41, 5.74) is 3.81. The number of imide groups is 1. The molecule has 160 valence electrons. The van der Waals surface area contributed by atoms with Crippen LogP contribution in [0.4, 0.5) is 5.69 Å². The minimum Gasteiger partial charge on any atom is -0.486 e. The Hall–Kier alpha value is -4.13. The molecule has 0 atom stereocenters. The van der Waals surface area contributed by atoms with E-state index in [1.54, 1.807) is 42.7 Å². The number of hydrogen-bond donors (Lipinski definition) is 1. The van der Waals surface area contributed by atoms with Crippen molar-refractivity contribution in [1.82, 2.24) is 9.88 Å². The first-order valence-electron chi connectivity index (χ1n) is 10.3. The Kier molecular flexibility index (Phi) is 5.07. The third-order valence-corrected chi connectivity index (χ3v) is 5.41. The van der Waals surface area contributed by atoms with Crippen LogP contribution in [0, 0.1) is 6.92 Å². The second-order valence-electron chi connectivity index (χ2n) is 7.65. The molecule has 7 nitrogen and oxygen atoms in total. The van der Waals surface area contributed by atoms with E-state index in [9.17, 15) is 9.59 Å². The standard InChI is InChI=1S/C25H21N3O4/c1-16-2-4-18(5-3-16)22-23(27-19-6-7-20-21(14-19)32-13-12-31-20)25(30)28(24(22)29)15-17-8-10-26-11-9-17/h2-11,14,27H,12-13,15H2,1H3. The second kappa shape index (κ2) is 8.19. The molecule has 0 fully saturated rings. The van der Waals surface area contributed by atoms with E-state index < -0.39 is 0 Å². The maximum atomic E-state index is 13.4. The Bertz CT molecular complexity index is 1220. The monoisotopic (exact) mass is 427 g/mol. The Labute approximate surface area is 185 Å². The van der Waals surface area contributed by atoms with Gasteiger partial charge in [-0.1, -0.05) is 29.8 Å². The van der Waals surface area contributed by atoms with E-state index in [2.05, 4.69) is 10.3 Å². The summed E-state index contributed by atoms with van der Waals surface area (Å²) >= 11 is 0. The third kappa shape index (κ3) is 3.69. The highest BCUT2D eigenvalue weighted by Gasteiger charge is 2.39. The molecule has 2 aliphatic rings. The first-order chi connectivity index (χ1) is 15.6. The Morgan fingerprint density at radius 1 is 0.906 bits per heavy atom. The van der Waals surface area contributed by atoms with Gasteiger partial charge in [0.1, 0.15) is 18.9 Å². The normalized spacial score (nSPS) is 15.3. The van der Waals surface area contributed by atoms with Crippen LogP contribution >= 0.6 is 0 Å². The lowest BCUT2D eigenvalue weighted by Crippen LogP contribution is -2.32. The number of aryl methyl sites for hydroxylation is 1. The van der Waals surface area contributed by atoms with Gasteiger partial charge >= 0.3 is 0 Å². The number of anilines is 1. The maximum Gasteiger partial charge on any atom is 0.278 e. The Morgan fingerprint density at radius 3 is 2.38 bits per heavy atom. The Balaban J connectivity index is 1.52. The van der Waals surface area contributed by atoms with Crippen molar-refractivity contribution in [2.45, 2.75) is 13.5 Å². The van der Waals surface area contributed by atoms with Crippen molar-refractivity contribution in [2.75, 3.05) is 18.5 Å². The van der Waals surface area contributed by atoms with Gasteiger partial charge < -0.3 is 14.8 Å². The van der Waals surface area contributed by atoms with Crippen LogP contribution < -0.4 is 14.8 Å². The number of hydrogen-bond acceptors (Lipinski definition) is 6. The van der Waals surface area contributed by atoms with Crippen LogP contribution in [0.2, 0.25) is 0 Å². The summed E-state index contributed by atoms with van der Waals surface area (Å²) in [5, 5.41) is 3.17. The number of carbonyl (C=O) groups is 2. The summed E-state index contributed by atoms with van der Waals surface area (Å²) < 4.78 is 11.2. The summed E-state index contributed by atoms with van der Waals surface area (Å²) in [6.07, 6.45) is 3.28. The zero-order valence-electron chi connectivity index (χ0n) is 17.5. The molecule has 5 rings (SSSR count). The molecule has 3 aromatic rings. The van der Waals surface area contributed by atoms with Crippen LogP contribution in [0.5, 0.6) is 11.5 Å². The fourth-order valence-electron chi connectivity index (χ4n) is 3.76. The van der Waals surface area contributed by atoms with Crippen LogP contribution in [0.15, 0.2) is 72.7 Å². The molecule has 0 saturated carbocycles. The number of ether oxygens (including phenoxy) is 2. The summed E-state index contributed by atoms with van der Waals surface area (Å²) in [7, 11) is 0. The van der Waals surface area contributed by atoms with E-state index in [0.717, 1.165) is 11.1 Å². The summed E-state index contributed by atoms with van der Waals surface area (Å²) in [6.45, 7) is 3.11. The molecule has 2 aromatic carbocycles.